The van der Waals surface area contributed by atoms with Crippen LogP contribution in [0.15, 0.2) is 30.0 Å². The highest BCUT2D eigenvalue weighted by molar-refractivity contribution is 6.31. The molecule has 0 atom stereocenters. The molecule has 7 heteroatoms. The van der Waals surface area contributed by atoms with Crippen molar-refractivity contribution in [2.24, 2.45) is 5.92 Å². The minimum Gasteiger partial charge on any atom is -0.872 e. The number of Topliss-reactive ketones (excluding diaryl/α,β-unsaturated/α-hetero) is 1. The largest absolute Gasteiger partial charge is 0.872 e. The second-order valence-corrected chi connectivity index (χ2v) is 9.00. The summed E-state index contributed by atoms with van der Waals surface area (Å²) in [5.74, 6) is 1.60. The number of piperidine rings is 1. The van der Waals surface area contributed by atoms with Crippen LogP contribution in [0.25, 0.3) is 6.08 Å². The summed E-state index contributed by atoms with van der Waals surface area (Å²) in [5, 5.41) is 13.2. The number of carbonyl (C=O) groups is 1. The van der Waals surface area contributed by atoms with Gasteiger partial charge in [0.15, 0.2) is 12.6 Å². The molecule has 31 heavy (non-hydrogen) atoms. The van der Waals surface area contributed by atoms with E-state index in [-0.39, 0.29) is 24.1 Å². The van der Waals surface area contributed by atoms with Crippen molar-refractivity contribution < 1.29 is 29.0 Å². The summed E-state index contributed by atoms with van der Waals surface area (Å²) in [6.45, 7) is 5.41. The standard InChI is InChI=1S/C24H24ClNO5/c1-14-4-6-26(7-5-14)11-19-20(27)3-2-18-22(28)21(31-24(18)19)10-15-8-17(25)9-16-12-29-13-30-23(15)16/h2-3,8-10,14,27H,4-7,11-13H2,1H3. The third kappa shape index (κ3) is 3.91. The zero-order chi connectivity index (χ0) is 21.5. The number of fused-ring (bicyclic) bond motifs is 2. The Balaban J connectivity index is 1.47. The number of quaternary nitrogens is 1. The van der Waals surface area contributed by atoms with Gasteiger partial charge in [-0.05, 0) is 43.0 Å². The molecule has 0 unspecified atom stereocenters. The molecule has 3 heterocycles. The van der Waals surface area contributed by atoms with Crippen molar-refractivity contribution >= 4 is 23.5 Å². The molecule has 1 fully saturated rings. The maximum Gasteiger partial charge on any atom is 0.231 e. The highest BCUT2D eigenvalue weighted by Crippen LogP contribution is 2.40. The van der Waals surface area contributed by atoms with Crippen LogP contribution in [0.3, 0.4) is 0 Å². The Morgan fingerprint density at radius 2 is 2.03 bits per heavy atom. The number of carbonyl (C=O) groups excluding carboxylic acids is 1. The van der Waals surface area contributed by atoms with Gasteiger partial charge in [0.1, 0.15) is 18.0 Å². The normalized spacial score (nSPS) is 23.8. The molecule has 6 nitrogen and oxygen atoms in total. The fraction of sp³-hybridized carbons (Fsp3) is 0.375. The summed E-state index contributed by atoms with van der Waals surface area (Å²) in [5.41, 5.74) is 2.49. The van der Waals surface area contributed by atoms with E-state index in [0.29, 0.717) is 46.4 Å². The number of nitrogens with one attached hydrogen (secondary N) is 1. The third-order valence-electron chi connectivity index (χ3n) is 6.30. The summed E-state index contributed by atoms with van der Waals surface area (Å²) >= 11 is 6.25. The maximum absolute atomic E-state index is 13.1. The van der Waals surface area contributed by atoms with Crippen molar-refractivity contribution in [2.45, 2.75) is 32.9 Å². The van der Waals surface area contributed by atoms with Gasteiger partial charge in [-0.15, -0.1) is 0 Å². The molecular formula is C24H24ClNO5. The van der Waals surface area contributed by atoms with Gasteiger partial charge in [-0.1, -0.05) is 30.3 Å². The van der Waals surface area contributed by atoms with Crippen LogP contribution in [0, 0.1) is 5.92 Å². The van der Waals surface area contributed by atoms with Crippen LogP contribution in [0.2, 0.25) is 5.02 Å². The van der Waals surface area contributed by atoms with Crippen molar-refractivity contribution in [3.63, 3.8) is 0 Å². The first kappa shape index (κ1) is 20.4. The Hall–Kier alpha value is -2.54. The van der Waals surface area contributed by atoms with Crippen LogP contribution in [0.4, 0.5) is 0 Å². The molecular weight excluding hydrogens is 418 g/mol. The van der Waals surface area contributed by atoms with E-state index in [1.54, 1.807) is 24.3 Å². The number of allylic oxidation sites excluding steroid dienone is 1. The predicted octanol–water partition coefficient (Wildman–Crippen LogP) is 2.71. The van der Waals surface area contributed by atoms with Crippen LogP contribution >= 0.6 is 11.6 Å². The Morgan fingerprint density at radius 3 is 2.84 bits per heavy atom. The van der Waals surface area contributed by atoms with Gasteiger partial charge in [0.2, 0.25) is 5.78 Å². The summed E-state index contributed by atoms with van der Waals surface area (Å²) in [6, 6.07) is 6.56. The smallest absolute Gasteiger partial charge is 0.231 e. The number of ketones is 1. The molecule has 0 radical (unpaired) electrons. The first-order valence-electron chi connectivity index (χ1n) is 10.6. The fourth-order valence-corrected chi connectivity index (χ4v) is 4.76. The number of hydrogen-bond acceptors (Lipinski definition) is 5. The average molecular weight is 442 g/mol. The van der Waals surface area contributed by atoms with Crippen molar-refractivity contribution in [3.8, 4) is 17.2 Å². The molecule has 0 saturated carbocycles. The quantitative estimate of drug-likeness (QED) is 0.741. The first-order valence-corrected chi connectivity index (χ1v) is 11.0. The molecule has 0 spiro atoms. The molecule has 162 valence electrons. The Bertz CT molecular complexity index is 1070. The molecule has 3 aliphatic rings. The van der Waals surface area contributed by atoms with E-state index in [0.717, 1.165) is 37.4 Å². The second kappa shape index (κ2) is 8.19. The van der Waals surface area contributed by atoms with Crippen molar-refractivity contribution in [1.82, 2.24) is 0 Å². The Labute approximate surface area is 186 Å². The van der Waals surface area contributed by atoms with Crippen molar-refractivity contribution in [1.29, 1.82) is 0 Å². The zero-order valence-electron chi connectivity index (χ0n) is 17.3. The molecule has 1 N–H and O–H groups in total. The van der Waals surface area contributed by atoms with Crippen LogP contribution in [0.5, 0.6) is 17.2 Å². The summed E-state index contributed by atoms with van der Waals surface area (Å²) in [4.78, 5) is 14.4. The number of rotatable bonds is 3. The van der Waals surface area contributed by atoms with Gasteiger partial charge in [0.05, 0.1) is 25.3 Å². The molecule has 2 aromatic rings. The topological polar surface area (TPSA) is 72.3 Å². The van der Waals surface area contributed by atoms with Crippen LogP contribution in [-0.4, -0.2) is 25.7 Å². The van der Waals surface area contributed by atoms with E-state index in [4.69, 9.17) is 25.8 Å². The van der Waals surface area contributed by atoms with Gasteiger partial charge in [0, 0.05) is 21.7 Å². The third-order valence-corrected chi connectivity index (χ3v) is 6.51. The molecule has 0 bridgehead atoms. The minimum absolute atomic E-state index is 0.0838. The van der Waals surface area contributed by atoms with Crippen LogP contribution in [0.1, 0.15) is 46.8 Å². The molecule has 2 aromatic carbocycles. The van der Waals surface area contributed by atoms with E-state index >= 15 is 0 Å². The van der Waals surface area contributed by atoms with Gasteiger partial charge in [-0.3, -0.25) is 4.79 Å². The summed E-state index contributed by atoms with van der Waals surface area (Å²) in [6.07, 6.45) is 3.93. The second-order valence-electron chi connectivity index (χ2n) is 8.56. The van der Waals surface area contributed by atoms with E-state index in [2.05, 4.69) is 6.92 Å². The number of ether oxygens (including phenoxy) is 3. The van der Waals surface area contributed by atoms with Crippen molar-refractivity contribution in [3.05, 3.63) is 57.3 Å². The Morgan fingerprint density at radius 1 is 1.23 bits per heavy atom. The lowest BCUT2D eigenvalue weighted by Crippen LogP contribution is -3.11. The van der Waals surface area contributed by atoms with Gasteiger partial charge in [-0.2, -0.15) is 0 Å². The summed E-state index contributed by atoms with van der Waals surface area (Å²) in [7, 11) is 0. The maximum atomic E-state index is 13.1. The van der Waals surface area contributed by atoms with Crippen LogP contribution in [-0.2, 0) is 17.9 Å². The van der Waals surface area contributed by atoms with E-state index < -0.39 is 0 Å². The molecule has 5 rings (SSSR count). The SMILES string of the molecule is CC1CC[NH+](Cc2c([O-])ccc3c2OC(=Cc2cc(Cl)cc4c2OCOC4)C3=O)CC1. The fourth-order valence-electron chi connectivity index (χ4n) is 4.51. The van der Waals surface area contributed by atoms with Crippen LogP contribution < -0.4 is 19.5 Å². The van der Waals surface area contributed by atoms with Gasteiger partial charge in [0.25, 0.3) is 0 Å². The average Bonchev–Trinajstić information content (AvgIpc) is 3.07. The number of likely N-dealkylation sites (tertiary alicyclic amines) is 1. The minimum atomic E-state index is -0.237. The molecule has 0 amide bonds. The number of halogens is 1. The molecule has 0 aromatic heterocycles. The molecule has 0 aliphatic carbocycles. The van der Waals surface area contributed by atoms with Gasteiger partial charge >= 0.3 is 0 Å². The molecule has 3 aliphatic heterocycles. The lowest BCUT2D eigenvalue weighted by molar-refractivity contribution is -0.919. The molecule has 1 saturated heterocycles. The van der Waals surface area contributed by atoms with Gasteiger partial charge < -0.3 is 24.2 Å². The first-order chi connectivity index (χ1) is 15.0. The highest BCUT2D eigenvalue weighted by Gasteiger charge is 2.32. The van der Waals surface area contributed by atoms with E-state index in [9.17, 15) is 9.90 Å². The number of hydrogen-bond donors (Lipinski definition) is 1. The lowest BCUT2D eigenvalue weighted by Gasteiger charge is -2.29. The predicted molar refractivity (Wildman–Crippen MR) is 113 cm³/mol. The summed E-state index contributed by atoms with van der Waals surface area (Å²) < 4.78 is 17.0. The van der Waals surface area contributed by atoms with Gasteiger partial charge in [-0.25, -0.2) is 0 Å². The van der Waals surface area contributed by atoms with E-state index in [1.165, 1.54) is 11.0 Å². The number of benzene rings is 2. The van der Waals surface area contributed by atoms with Crippen molar-refractivity contribution in [2.75, 3.05) is 19.9 Å². The highest BCUT2D eigenvalue weighted by atomic mass is 35.5. The zero-order valence-corrected chi connectivity index (χ0v) is 18.1. The monoisotopic (exact) mass is 441 g/mol. The van der Waals surface area contributed by atoms with E-state index in [1.807, 2.05) is 0 Å². The Kier molecular flexibility index (Phi) is 5.38. The lowest BCUT2D eigenvalue weighted by atomic mass is 9.98.